The summed E-state index contributed by atoms with van der Waals surface area (Å²) < 4.78 is 0.733. The maximum atomic E-state index is 9.00. The van der Waals surface area contributed by atoms with Crippen LogP contribution in [0.4, 0.5) is 0 Å². The van der Waals surface area contributed by atoms with Gasteiger partial charge in [0.05, 0.1) is 22.8 Å². The third-order valence-electron chi connectivity index (χ3n) is 1.99. The second-order valence-corrected chi connectivity index (χ2v) is 5.32. The Morgan fingerprint density at radius 3 is 2.60 bits per heavy atom. The maximum absolute atomic E-state index is 9.00. The average molecular weight is 274 g/mol. The van der Waals surface area contributed by atoms with E-state index in [0.717, 1.165) is 10.3 Å². The molecular formula is C10H16BrN3O. The van der Waals surface area contributed by atoms with Gasteiger partial charge in [0.15, 0.2) is 0 Å². The largest absolute Gasteiger partial charge is 0.394 e. The summed E-state index contributed by atoms with van der Waals surface area (Å²) in [6, 6.07) is -0.469. The highest BCUT2D eigenvalue weighted by Crippen LogP contribution is 2.24. The second-order valence-electron chi connectivity index (χ2n) is 4.47. The molecule has 0 saturated carbocycles. The summed E-state index contributed by atoms with van der Waals surface area (Å²) in [6.45, 7) is 5.97. The van der Waals surface area contributed by atoms with Crippen LogP contribution in [0.5, 0.6) is 0 Å². The smallest absolute Gasteiger partial charge is 0.134 e. The monoisotopic (exact) mass is 273 g/mol. The third-order valence-corrected chi connectivity index (χ3v) is 2.60. The van der Waals surface area contributed by atoms with Gasteiger partial charge in [-0.05, 0) is 15.9 Å². The van der Waals surface area contributed by atoms with Gasteiger partial charge in [0.1, 0.15) is 5.82 Å². The number of hydrogen-bond donors (Lipinski definition) is 2. The predicted octanol–water partition coefficient (Wildman–Crippen LogP) is 1.53. The van der Waals surface area contributed by atoms with Gasteiger partial charge in [-0.2, -0.15) is 0 Å². The molecule has 0 radical (unpaired) electrons. The molecule has 0 amide bonds. The first-order valence-corrected chi connectivity index (χ1v) is 5.55. The first-order chi connectivity index (χ1) is 6.86. The van der Waals surface area contributed by atoms with Gasteiger partial charge in [-0.3, -0.25) is 0 Å². The van der Waals surface area contributed by atoms with Crippen LogP contribution in [0.1, 0.15) is 38.3 Å². The molecule has 0 aromatic carbocycles. The summed E-state index contributed by atoms with van der Waals surface area (Å²) >= 11 is 3.32. The van der Waals surface area contributed by atoms with E-state index in [0.29, 0.717) is 5.69 Å². The van der Waals surface area contributed by atoms with Crippen LogP contribution in [0, 0.1) is 0 Å². The molecule has 1 aromatic rings. The minimum absolute atomic E-state index is 0.120. The van der Waals surface area contributed by atoms with Crippen molar-refractivity contribution in [3.8, 4) is 0 Å². The molecule has 0 aliphatic rings. The Bertz CT molecular complexity index is 349. The van der Waals surface area contributed by atoms with E-state index in [1.807, 2.05) is 20.8 Å². The van der Waals surface area contributed by atoms with Crippen LogP contribution in [0.15, 0.2) is 10.7 Å². The molecule has 0 bridgehead atoms. The van der Waals surface area contributed by atoms with E-state index in [1.165, 1.54) is 0 Å². The van der Waals surface area contributed by atoms with Crippen LogP contribution in [-0.2, 0) is 5.41 Å². The van der Waals surface area contributed by atoms with E-state index < -0.39 is 6.04 Å². The van der Waals surface area contributed by atoms with E-state index in [-0.39, 0.29) is 12.0 Å². The highest BCUT2D eigenvalue weighted by Gasteiger charge is 2.20. The number of aliphatic hydroxyl groups excluding tert-OH is 1. The zero-order chi connectivity index (χ0) is 11.6. The Kier molecular flexibility index (Phi) is 3.81. The third kappa shape index (κ3) is 2.96. The summed E-state index contributed by atoms with van der Waals surface area (Å²) in [5, 5.41) is 9.00. The maximum Gasteiger partial charge on any atom is 0.134 e. The van der Waals surface area contributed by atoms with Gasteiger partial charge in [0.2, 0.25) is 0 Å². The molecule has 1 heterocycles. The molecule has 15 heavy (non-hydrogen) atoms. The minimum atomic E-state index is -0.469. The zero-order valence-electron chi connectivity index (χ0n) is 9.16. The van der Waals surface area contributed by atoms with Crippen molar-refractivity contribution >= 4 is 15.9 Å². The summed E-state index contributed by atoms with van der Waals surface area (Å²) in [5.41, 5.74) is 6.27. The Balaban J connectivity index is 3.17. The van der Waals surface area contributed by atoms with Crippen LogP contribution >= 0.6 is 15.9 Å². The number of aromatic nitrogens is 2. The number of rotatable bonds is 2. The molecule has 1 aromatic heterocycles. The molecular weight excluding hydrogens is 258 g/mol. The van der Waals surface area contributed by atoms with Gasteiger partial charge in [-0.1, -0.05) is 20.8 Å². The van der Waals surface area contributed by atoms with Crippen molar-refractivity contribution in [2.75, 3.05) is 6.61 Å². The van der Waals surface area contributed by atoms with Crippen LogP contribution in [-0.4, -0.2) is 21.7 Å². The molecule has 0 aliphatic heterocycles. The number of aliphatic hydroxyl groups is 1. The van der Waals surface area contributed by atoms with Crippen molar-refractivity contribution in [3.05, 3.63) is 22.2 Å². The van der Waals surface area contributed by atoms with Gasteiger partial charge < -0.3 is 10.8 Å². The number of halogens is 1. The van der Waals surface area contributed by atoms with Crippen molar-refractivity contribution in [1.82, 2.24) is 9.97 Å². The van der Waals surface area contributed by atoms with Gasteiger partial charge in [-0.15, -0.1) is 0 Å². The first kappa shape index (κ1) is 12.5. The number of nitrogens with two attached hydrogens (primary N) is 1. The average Bonchev–Trinajstić information content (AvgIpc) is 2.15. The fourth-order valence-electron chi connectivity index (χ4n) is 1.09. The molecule has 0 spiro atoms. The van der Waals surface area contributed by atoms with Crippen molar-refractivity contribution < 1.29 is 5.11 Å². The van der Waals surface area contributed by atoms with E-state index >= 15 is 0 Å². The fraction of sp³-hybridized carbons (Fsp3) is 0.600. The SMILES string of the molecule is CC(C)(C)c1ncc(Br)c(C(N)CO)n1. The Morgan fingerprint density at radius 2 is 2.13 bits per heavy atom. The van der Waals surface area contributed by atoms with Crippen molar-refractivity contribution in [2.45, 2.75) is 32.2 Å². The van der Waals surface area contributed by atoms with Crippen molar-refractivity contribution in [2.24, 2.45) is 5.73 Å². The van der Waals surface area contributed by atoms with Gasteiger partial charge >= 0.3 is 0 Å². The van der Waals surface area contributed by atoms with E-state index in [1.54, 1.807) is 6.20 Å². The molecule has 4 nitrogen and oxygen atoms in total. The Morgan fingerprint density at radius 1 is 1.53 bits per heavy atom. The molecule has 1 atom stereocenters. The lowest BCUT2D eigenvalue weighted by molar-refractivity contribution is 0.265. The molecule has 0 saturated heterocycles. The standard InChI is InChI=1S/C10H16BrN3O/c1-10(2,3)9-13-4-6(11)8(14-9)7(12)5-15/h4,7,15H,5,12H2,1-3H3. The van der Waals surface area contributed by atoms with Crippen LogP contribution < -0.4 is 5.73 Å². The Labute approximate surface area is 98.1 Å². The summed E-state index contributed by atoms with van der Waals surface area (Å²) in [5.74, 6) is 0.726. The van der Waals surface area contributed by atoms with Crippen LogP contribution in [0.25, 0.3) is 0 Å². The topological polar surface area (TPSA) is 72.0 Å². The molecule has 1 rings (SSSR count). The Hall–Kier alpha value is -0.520. The van der Waals surface area contributed by atoms with E-state index in [4.69, 9.17) is 10.8 Å². The molecule has 1 unspecified atom stereocenters. The number of nitrogens with zero attached hydrogens (tertiary/aromatic N) is 2. The lowest BCUT2D eigenvalue weighted by Crippen LogP contribution is -2.22. The quantitative estimate of drug-likeness (QED) is 0.857. The summed E-state index contributed by atoms with van der Waals surface area (Å²) in [4.78, 5) is 8.60. The van der Waals surface area contributed by atoms with E-state index in [9.17, 15) is 0 Å². The summed E-state index contributed by atoms with van der Waals surface area (Å²) in [6.07, 6.45) is 1.68. The molecule has 0 fully saturated rings. The lowest BCUT2D eigenvalue weighted by Gasteiger charge is -2.19. The lowest BCUT2D eigenvalue weighted by atomic mass is 9.95. The van der Waals surface area contributed by atoms with Gasteiger partial charge in [-0.25, -0.2) is 9.97 Å². The van der Waals surface area contributed by atoms with Crippen molar-refractivity contribution in [3.63, 3.8) is 0 Å². The van der Waals surface area contributed by atoms with Crippen LogP contribution in [0.2, 0.25) is 0 Å². The molecule has 0 aliphatic carbocycles. The number of hydrogen-bond acceptors (Lipinski definition) is 4. The highest BCUT2D eigenvalue weighted by atomic mass is 79.9. The van der Waals surface area contributed by atoms with Gasteiger partial charge in [0.25, 0.3) is 0 Å². The van der Waals surface area contributed by atoms with E-state index in [2.05, 4.69) is 25.9 Å². The van der Waals surface area contributed by atoms with Gasteiger partial charge in [0, 0.05) is 11.6 Å². The van der Waals surface area contributed by atoms with Crippen molar-refractivity contribution in [1.29, 1.82) is 0 Å². The second kappa shape index (κ2) is 4.55. The highest BCUT2D eigenvalue weighted by molar-refractivity contribution is 9.10. The van der Waals surface area contributed by atoms with Crippen LogP contribution in [0.3, 0.4) is 0 Å². The normalized spacial score (nSPS) is 14.0. The molecule has 5 heteroatoms. The summed E-state index contributed by atoms with van der Waals surface area (Å²) in [7, 11) is 0. The molecule has 84 valence electrons. The first-order valence-electron chi connectivity index (χ1n) is 4.75. The fourth-order valence-corrected chi connectivity index (χ4v) is 1.57. The molecule has 3 N–H and O–H groups in total. The predicted molar refractivity (Wildman–Crippen MR) is 62.4 cm³/mol. The zero-order valence-corrected chi connectivity index (χ0v) is 10.7. The minimum Gasteiger partial charge on any atom is -0.394 e.